The fraction of sp³-hybridized carbons (Fsp3) is 0.200. The second-order valence-corrected chi connectivity index (χ2v) is 7.26. The summed E-state index contributed by atoms with van der Waals surface area (Å²) in [5, 5.41) is 1.13. The average molecular weight is 465 g/mol. The largest absolute Gasteiger partial charge is 1.00 e. The van der Waals surface area contributed by atoms with Crippen LogP contribution in [0, 0.1) is 0 Å². The van der Waals surface area contributed by atoms with Crippen LogP contribution in [-0.2, 0) is 17.8 Å². The minimum atomic E-state index is -0.295. The second-order valence-electron chi connectivity index (χ2n) is 7.26. The molecule has 0 aliphatic carbocycles. The first-order valence-corrected chi connectivity index (χ1v) is 10.0. The van der Waals surface area contributed by atoms with E-state index in [-0.39, 0.29) is 23.0 Å². The maximum atomic E-state index is 11.2. The van der Waals surface area contributed by atoms with E-state index in [9.17, 15) is 4.79 Å². The number of pyridine rings is 1. The number of esters is 1. The van der Waals surface area contributed by atoms with Crippen LogP contribution in [0.3, 0.4) is 0 Å². The van der Waals surface area contributed by atoms with E-state index in [2.05, 4.69) is 64.5 Å². The fourth-order valence-corrected chi connectivity index (χ4v) is 3.63. The zero-order chi connectivity index (χ0) is 20.1. The predicted octanol–water partition coefficient (Wildman–Crippen LogP) is 2.07. The van der Waals surface area contributed by atoms with Crippen LogP contribution in [0.5, 0.6) is 5.75 Å². The van der Waals surface area contributed by atoms with Crippen molar-refractivity contribution < 1.29 is 31.1 Å². The van der Waals surface area contributed by atoms with Gasteiger partial charge in [0.15, 0.2) is 12.4 Å². The molecule has 0 unspecified atom stereocenters. The van der Waals surface area contributed by atoms with E-state index in [4.69, 9.17) is 4.74 Å². The van der Waals surface area contributed by atoms with E-state index in [1.54, 1.807) is 0 Å². The molecular weight excluding hydrogens is 440 g/mol. The van der Waals surface area contributed by atoms with Crippen molar-refractivity contribution in [3.8, 4) is 16.9 Å². The van der Waals surface area contributed by atoms with E-state index in [0.717, 1.165) is 36.7 Å². The Hall–Kier alpha value is -2.92. The molecule has 0 amide bonds. The fourth-order valence-electron chi connectivity index (χ4n) is 3.63. The van der Waals surface area contributed by atoms with Crippen LogP contribution in [0.2, 0.25) is 0 Å². The number of nitrogens with zero attached hydrogens (tertiary/aromatic N) is 1. The van der Waals surface area contributed by atoms with Gasteiger partial charge in [-0.15, -0.1) is 0 Å². The van der Waals surface area contributed by atoms with E-state index < -0.39 is 0 Å². The molecule has 2 aromatic heterocycles. The highest BCUT2D eigenvalue weighted by Gasteiger charge is 2.08. The first-order chi connectivity index (χ1) is 14.2. The predicted molar refractivity (Wildman–Crippen MR) is 115 cm³/mol. The Morgan fingerprint density at radius 2 is 1.70 bits per heavy atom. The average Bonchev–Trinajstić information content (AvgIpc) is 3.14. The number of ether oxygens (including phenoxy) is 1. The number of hydrogen-bond donors (Lipinski definition) is 1. The van der Waals surface area contributed by atoms with E-state index >= 15 is 0 Å². The van der Waals surface area contributed by atoms with E-state index in [1.165, 1.54) is 23.6 Å². The summed E-state index contributed by atoms with van der Waals surface area (Å²) in [6, 6.07) is 20.5. The molecule has 0 aliphatic rings. The molecule has 30 heavy (non-hydrogen) atoms. The molecule has 0 saturated heterocycles. The molecule has 4 rings (SSSR count). The third-order valence-corrected chi connectivity index (χ3v) is 5.11. The van der Waals surface area contributed by atoms with Crippen molar-refractivity contribution >= 4 is 16.9 Å². The Morgan fingerprint density at radius 1 is 0.967 bits per heavy atom. The Kier molecular flexibility index (Phi) is 7.41. The molecule has 4 aromatic rings. The molecule has 5 heteroatoms. The van der Waals surface area contributed by atoms with Gasteiger partial charge in [0.1, 0.15) is 12.3 Å². The lowest BCUT2D eigenvalue weighted by molar-refractivity contribution is -0.697. The SMILES string of the molecule is CC(=O)Oc1ccc2[nH]cc(CCCC[n+]3ccc(-c4ccccc4)cc3)c2c1.[Br-]. The van der Waals surface area contributed by atoms with E-state index in [1.807, 2.05) is 24.3 Å². The van der Waals surface area contributed by atoms with Crippen LogP contribution in [0.4, 0.5) is 0 Å². The van der Waals surface area contributed by atoms with Gasteiger partial charge in [-0.05, 0) is 47.7 Å². The number of aromatic nitrogens is 2. The Morgan fingerprint density at radius 3 is 2.43 bits per heavy atom. The molecule has 0 atom stereocenters. The first kappa shape index (κ1) is 21.8. The van der Waals surface area contributed by atoms with E-state index in [0.29, 0.717) is 5.75 Å². The Balaban J connectivity index is 0.00000256. The molecule has 0 bridgehead atoms. The normalized spacial score (nSPS) is 10.6. The number of carbonyl (C=O) groups is 1. The first-order valence-electron chi connectivity index (χ1n) is 10.0. The van der Waals surface area contributed by atoms with Crippen molar-refractivity contribution in [3.05, 3.63) is 84.8 Å². The minimum absolute atomic E-state index is 0. The number of nitrogens with one attached hydrogen (secondary N) is 1. The molecule has 2 heterocycles. The summed E-state index contributed by atoms with van der Waals surface area (Å²) in [4.78, 5) is 14.5. The summed E-state index contributed by atoms with van der Waals surface area (Å²) >= 11 is 0. The summed E-state index contributed by atoms with van der Waals surface area (Å²) in [6.45, 7) is 2.42. The Bertz CT molecular complexity index is 1110. The number of benzene rings is 2. The van der Waals surface area contributed by atoms with Crippen molar-refractivity contribution in [1.82, 2.24) is 4.98 Å². The van der Waals surface area contributed by atoms with Gasteiger partial charge in [-0.25, -0.2) is 4.57 Å². The molecule has 0 radical (unpaired) electrons. The maximum absolute atomic E-state index is 11.2. The van der Waals surface area contributed by atoms with Crippen LogP contribution < -0.4 is 26.3 Å². The maximum Gasteiger partial charge on any atom is 0.308 e. The highest BCUT2D eigenvalue weighted by Crippen LogP contribution is 2.25. The van der Waals surface area contributed by atoms with Crippen molar-refractivity contribution in [2.24, 2.45) is 0 Å². The number of fused-ring (bicyclic) bond motifs is 1. The van der Waals surface area contributed by atoms with Gasteiger partial charge in [-0.2, -0.15) is 0 Å². The molecule has 2 aromatic carbocycles. The summed E-state index contributed by atoms with van der Waals surface area (Å²) < 4.78 is 7.45. The smallest absolute Gasteiger partial charge is 0.308 e. The standard InChI is InChI=1S/C25H25N2O2.BrH/c1-19(28)29-23-10-11-25-24(17-23)22(18-26-25)9-5-6-14-27-15-12-21(13-16-27)20-7-3-2-4-8-20;/h2-4,7-8,10-13,15-18,26H,5-6,9,14H2,1H3;1H/q+1;/p-1. The van der Waals surface area contributed by atoms with Crippen LogP contribution in [0.1, 0.15) is 25.3 Å². The number of H-pyrrole nitrogens is 1. The number of aryl methyl sites for hydroxylation is 2. The van der Waals surface area contributed by atoms with Crippen LogP contribution >= 0.6 is 0 Å². The summed E-state index contributed by atoms with van der Waals surface area (Å²) in [5.74, 6) is 0.302. The van der Waals surface area contributed by atoms with Gasteiger partial charge in [-0.1, -0.05) is 30.3 Å². The monoisotopic (exact) mass is 464 g/mol. The van der Waals surface area contributed by atoms with Gasteiger partial charge in [0.05, 0.1) is 0 Å². The zero-order valence-corrected chi connectivity index (χ0v) is 18.6. The Labute approximate surface area is 187 Å². The van der Waals surface area contributed by atoms with Gasteiger partial charge >= 0.3 is 5.97 Å². The minimum Gasteiger partial charge on any atom is -1.00 e. The molecule has 0 saturated carbocycles. The van der Waals surface area contributed by atoms with Crippen molar-refractivity contribution in [1.29, 1.82) is 0 Å². The third kappa shape index (κ3) is 5.36. The van der Waals surface area contributed by atoms with Gasteiger partial charge in [0.25, 0.3) is 0 Å². The highest BCUT2D eigenvalue weighted by atomic mass is 79.9. The lowest BCUT2D eigenvalue weighted by Crippen LogP contribution is -3.00. The third-order valence-electron chi connectivity index (χ3n) is 5.11. The lowest BCUT2D eigenvalue weighted by atomic mass is 10.1. The molecule has 1 N–H and O–H groups in total. The highest BCUT2D eigenvalue weighted by molar-refractivity contribution is 5.85. The number of rotatable bonds is 7. The van der Waals surface area contributed by atoms with Crippen molar-refractivity contribution in [3.63, 3.8) is 0 Å². The van der Waals surface area contributed by atoms with Crippen molar-refractivity contribution in [2.75, 3.05) is 0 Å². The lowest BCUT2D eigenvalue weighted by Gasteiger charge is -2.03. The zero-order valence-electron chi connectivity index (χ0n) is 17.0. The van der Waals surface area contributed by atoms with Gasteiger partial charge in [-0.3, -0.25) is 4.79 Å². The van der Waals surface area contributed by atoms with Crippen LogP contribution in [0.15, 0.2) is 79.3 Å². The number of aromatic amines is 1. The topological polar surface area (TPSA) is 46.0 Å². The van der Waals surface area contributed by atoms with Crippen LogP contribution in [0.25, 0.3) is 22.0 Å². The number of unbranched alkanes of at least 4 members (excludes halogenated alkanes) is 1. The molecule has 0 fully saturated rings. The summed E-state index contributed by atoms with van der Waals surface area (Å²) in [5.41, 5.74) is 4.82. The number of carbonyl (C=O) groups excluding carboxylic acids is 1. The summed E-state index contributed by atoms with van der Waals surface area (Å²) in [6.07, 6.45) is 9.55. The van der Waals surface area contributed by atoms with Gasteiger partial charge in [0.2, 0.25) is 0 Å². The number of halogens is 1. The van der Waals surface area contributed by atoms with Crippen LogP contribution in [-0.4, -0.2) is 11.0 Å². The molecule has 0 spiro atoms. The van der Waals surface area contributed by atoms with Crippen molar-refractivity contribution in [2.45, 2.75) is 32.7 Å². The summed E-state index contributed by atoms with van der Waals surface area (Å²) in [7, 11) is 0. The quantitative estimate of drug-likeness (QED) is 0.197. The molecule has 154 valence electrons. The number of hydrogen-bond acceptors (Lipinski definition) is 2. The van der Waals surface area contributed by atoms with Gasteiger partial charge in [0, 0.05) is 42.6 Å². The second kappa shape index (κ2) is 10.2. The molecule has 4 nitrogen and oxygen atoms in total. The van der Waals surface area contributed by atoms with Gasteiger partial charge < -0.3 is 26.7 Å². The molecule has 0 aliphatic heterocycles. The molecular formula is C25H25BrN2O2.